The van der Waals surface area contributed by atoms with Crippen LogP contribution in [0.25, 0.3) is 0 Å². The highest BCUT2D eigenvalue weighted by Crippen LogP contribution is 2.19. The van der Waals surface area contributed by atoms with E-state index in [9.17, 15) is 9.90 Å². The summed E-state index contributed by atoms with van der Waals surface area (Å²) in [4.78, 5) is 11.7. The Hall–Kier alpha value is -1.43. The number of rotatable bonds is 9. The normalized spacial score (nSPS) is 13.0. The molecule has 5 nitrogen and oxygen atoms in total. The molecule has 1 unspecified atom stereocenters. The minimum absolute atomic E-state index is 0.239. The zero-order valence-electron chi connectivity index (χ0n) is 12.8. The topological polar surface area (TPSA) is 81.6 Å². The summed E-state index contributed by atoms with van der Waals surface area (Å²) in [5.74, 6) is -0.445. The van der Waals surface area contributed by atoms with Crippen molar-refractivity contribution in [1.82, 2.24) is 10.6 Å². The van der Waals surface area contributed by atoms with Gasteiger partial charge in [-0.25, -0.2) is 0 Å². The van der Waals surface area contributed by atoms with Crippen LogP contribution in [0.4, 0.5) is 0 Å². The molecule has 0 fully saturated rings. The molecule has 1 rings (SSSR count). The van der Waals surface area contributed by atoms with E-state index in [1.165, 1.54) is 5.56 Å². The van der Waals surface area contributed by atoms with E-state index in [0.29, 0.717) is 13.1 Å². The lowest BCUT2D eigenvalue weighted by Crippen LogP contribution is -2.47. The molecule has 0 aliphatic heterocycles. The van der Waals surface area contributed by atoms with Gasteiger partial charge in [-0.1, -0.05) is 44.2 Å². The SMILES string of the molecule is CC(C)(CO)C(O)C(=O)NCCNCCc1ccccc1. The fourth-order valence-electron chi connectivity index (χ4n) is 1.81. The average molecular weight is 294 g/mol. The Morgan fingerprint density at radius 2 is 1.86 bits per heavy atom. The average Bonchev–Trinajstić information content (AvgIpc) is 2.50. The van der Waals surface area contributed by atoms with Crippen molar-refractivity contribution in [1.29, 1.82) is 0 Å². The lowest BCUT2D eigenvalue weighted by Gasteiger charge is -2.27. The molecule has 1 atom stereocenters. The lowest BCUT2D eigenvalue weighted by molar-refractivity contribution is -0.137. The predicted octanol–water partition coefficient (Wildman–Crippen LogP) is 0.314. The quantitative estimate of drug-likeness (QED) is 0.494. The van der Waals surface area contributed by atoms with Gasteiger partial charge < -0.3 is 20.8 Å². The summed E-state index contributed by atoms with van der Waals surface area (Å²) < 4.78 is 0. The molecule has 0 aliphatic rings. The molecule has 0 aromatic heterocycles. The van der Waals surface area contributed by atoms with Gasteiger partial charge in [0, 0.05) is 18.5 Å². The zero-order valence-corrected chi connectivity index (χ0v) is 12.8. The van der Waals surface area contributed by atoms with Crippen LogP contribution in [0, 0.1) is 5.41 Å². The molecule has 0 bridgehead atoms. The van der Waals surface area contributed by atoms with Crippen LogP contribution >= 0.6 is 0 Å². The molecule has 5 heteroatoms. The van der Waals surface area contributed by atoms with Gasteiger partial charge in [0.1, 0.15) is 6.10 Å². The maximum absolute atomic E-state index is 11.7. The number of aliphatic hydroxyl groups is 2. The van der Waals surface area contributed by atoms with Crippen molar-refractivity contribution in [3.8, 4) is 0 Å². The first-order valence-electron chi connectivity index (χ1n) is 7.28. The van der Waals surface area contributed by atoms with Crippen LogP contribution in [0.1, 0.15) is 19.4 Å². The Balaban J connectivity index is 2.13. The number of carbonyl (C=O) groups is 1. The number of nitrogens with one attached hydrogen (secondary N) is 2. The Bertz CT molecular complexity index is 421. The third kappa shape index (κ3) is 6.25. The molecule has 1 aromatic carbocycles. The summed E-state index contributed by atoms with van der Waals surface area (Å²) in [6.45, 7) is 4.99. The molecule has 4 N–H and O–H groups in total. The molecule has 1 aromatic rings. The van der Waals surface area contributed by atoms with Gasteiger partial charge in [0.25, 0.3) is 0 Å². The number of hydrogen-bond acceptors (Lipinski definition) is 4. The largest absolute Gasteiger partial charge is 0.396 e. The number of amides is 1. The van der Waals surface area contributed by atoms with Crippen molar-refractivity contribution in [3.63, 3.8) is 0 Å². The third-order valence-corrected chi connectivity index (χ3v) is 3.43. The number of carbonyl (C=O) groups excluding carboxylic acids is 1. The molecule has 0 heterocycles. The van der Waals surface area contributed by atoms with Crippen LogP contribution in [0.5, 0.6) is 0 Å². The first kappa shape index (κ1) is 17.6. The van der Waals surface area contributed by atoms with Gasteiger partial charge >= 0.3 is 0 Å². The first-order chi connectivity index (χ1) is 9.97. The number of aliphatic hydroxyl groups excluding tert-OH is 2. The molecule has 118 valence electrons. The van der Waals surface area contributed by atoms with Gasteiger partial charge in [-0.2, -0.15) is 0 Å². The second-order valence-electron chi connectivity index (χ2n) is 5.83. The van der Waals surface area contributed by atoms with Crippen LogP contribution in [-0.2, 0) is 11.2 Å². The number of benzene rings is 1. The fraction of sp³-hybridized carbons (Fsp3) is 0.562. The molecular weight excluding hydrogens is 268 g/mol. The van der Waals surface area contributed by atoms with Gasteiger partial charge in [0.2, 0.25) is 5.91 Å². The zero-order chi connectivity index (χ0) is 15.7. The van der Waals surface area contributed by atoms with Crippen molar-refractivity contribution in [2.24, 2.45) is 5.41 Å². The van der Waals surface area contributed by atoms with E-state index >= 15 is 0 Å². The summed E-state index contributed by atoms with van der Waals surface area (Å²) in [6.07, 6.45) is -0.263. The van der Waals surface area contributed by atoms with Gasteiger partial charge in [-0.15, -0.1) is 0 Å². The van der Waals surface area contributed by atoms with Crippen molar-refractivity contribution in [2.45, 2.75) is 26.4 Å². The van der Waals surface area contributed by atoms with Crippen LogP contribution in [0.15, 0.2) is 30.3 Å². The van der Waals surface area contributed by atoms with E-state index in [0.717, 1.165) is 13.0 Å². The summed E-state index contributed by atoms with van der Waals surface area (Å²) in [7, 11) is 0. The molecule has 0 radical (unpaired) electrons. The van der Waals surface area contributed by atoms with Crippen molar-refractivity contribution in [3.05, 3.63) is 35.9 Å². The minimum Gasteiger partial charge on any atom is -0.396 e. The van der Waals surface area contributed by atoms with Gasteiger partial charge in [0.15, 0.2) is 0 Å². The molecular formula is C16H26N2O3. The van der Waals surface area contributed by atoms with Crippen molar-refractivity contribution >= 4 is 5.91 Å². The highest BCUT2D eigenvalue weighted by molar-refractivity contribution is 5.81. The van der Waals surface area contributed by atoms with E-state index < -0.39 is 17.4 Å². The third-order valence-electron chi connectivity index (χ3n) is 3.43. The molecule has 0 aliphatic carbocycles. The van der Waals surface area contributed by atoms with E-state index in [1.807, 2.05) is 18.2 Å². The Morgan fingerprint density at radius 3 is 2.48 bits per heavy atom. The second kappa shape index (κ2) is 8.77. The van der Waals surface area contributed by atoms with Crippen LogP contribution in [0.2, 0.25) is 0 Å². The lowest BCUT2D eigenvalue weighted by atomic mass is 9.87. The van der Waals surface area contributed by atoms with E-state index in [-0.39, 0.29) is 6.61 Å². The Labute approximate surface area is 126 Å². The van der Waals surface area contributed by atoms with Crippen LogP contribution in [0.3, 0.4) is 0 Å². The van der Waals surface area contributed by atoms with Crippen LogP contribution < -0.4 is 10.6 Å². The van der Waals surface area contributed by atoms with E-state index in [4.69, 9.17) is 5.11 Å². The van der Waals surface area contributed by atoms with Crippen LogP contribution in [-0.4, -0.2) is 48.5 Å². The summed E-state index contributed by atoms with van der Waals surface area (Å²) in [5.41, 5.74) is 0.444. The molecule has 1 amide bonds. The highest BCUT2D eigenvalue weighted by Gasteiger charge is 2.32. The van der Waals surface area contributed by atoms with E-state index in [1.54, 1.807) is 13.8 Å². The van der Waals surface area contributed by atoms with Crippen molar-refractivity contribution < 1.29 is 15.0 Å². The Morgan fingerprint density at radius 1 is 1.19 bits per heavy atom. The number of hydrogen-bond donors (Lipinski definition) is 4. The Kier molecular flexibility index (Phi) is 7.36. The van der Waals surface area contributed by atoms with Crippen molar-refractivity contribution in [2.75, 3.05) is 26.2 Å². The highest BCUT2D eigenvalue weighted by atomic mass is 16.3. The molecule has 0 spiro atoms. The smallest absolute Gasteiger partial charge is 0.249 e. The first-order valence-corrected chi connectivity index (χ1v) is 7.28. The minimum atomic E-state index is -1.20. The predicted molar refractivity (Wildman–Crippen MR) is 82.9 cm³/mol. The summed E-state index contributed by atoms with van der Waals surface area (Å²) in [5, 5.41) is 24.8. The van der Waals surface area contributed by atoms with E-state index in [2.05, 4.69) is 22.8 Å². The van der Waals surface area contributed by atoms with Gasteiger partial charge in [0.05, 0.1) is 6.61 Å². The monoisotopic (exact) mass is 294 g/mol. The summed E-state index contributed by atoms with van der Waals surface area (Å²) >= 11 is 0. The standard InChI is InChI=1S/C16H26N2O3/c1-16(2,12-19)14(20)15(21)18-11-10-17-9-8-13-6-4-3-5-7-13/h3-7,14,17,19-20H,8-12H2,1-2H3,(H,18,21). The summed E-state index contributed by atoms with van der Waals surface area (Å²) in [6, 6.07) is 10.2. The fourth-order valence-corrected chi connectivity index (χ4v) is 1.81. The molecule has 0 saturated heterocycles. The van der Waals surface area contributed by atoms with Gasteiger partial charge in [-0.3, -0.25) is 4.79 Å². The maximum Gasteiger partial charge on any atom is 0.249 e. The molecule has 21 heavy (non-hydrogen) atoms. The maximum atomic E-state index is 11.7. The second-order valence-corrected chi connectivity index (χ2v) is 5.83. The molecule has 0 saturated carbocycles. The van der Waals surface area contributed by atoms with Gasteiger partial charge in [-0.05, 0) is 18.5 Å².